The third kappa shape index (κ3) is 4.39. The van der Waals surface area contributed by atoms with E-state index in [9.17, 15) is 9.59 Å². The van der Waals surface area contributed by atoms with Crippen LogP contribution in [-0.4, -0.2) is 16.9 Å². The molecule has 1 rings (SSSR count). The maximum atomic E-state index is 11.8. The van der Waals surface area contributed by atoms with Gasteiger partial charge in [-0.1, -0.05) is 44.2 Å². The Balaban J connectivity index is 2.50. The first-order valence-corrected chi connectivity index (χ1v) is 5.80. The lowest BCUT2D eigenvalue weighted by Gasteiger charge is -2.12. The van der Waals surface area contributed by atoms with E-state index in [0.29, 0.717) is 6.42 Å². The van der Waals surface area contributed by atoms with Gasteiger partial charge in [-0.25, -0.2) is 0 Å². The van der Waals surface area contributed by atoms with Crippen LogP contribution in [0.4, 0.5) is 0 Å². The van der Waals surface area contributed by atoms with Crippen LogP contribution in [0.1, 0.15) is 25.8 Å². The second kappa shape index (κ2) is 6.18. The number of carboxylic acids is 1. The van der Waals surface area contributed by atoms with Gasteiger partial charge in [-0.05, 0) is 12.0 Å². The summed E-state index contributed by atoms with van der Waals surface area (Å²) < 4.78 is 0. The number of rotatable bonds is 6. The van der Waals surface area contributed by atoms with Crippen LogP contribution in [0.25, 0.3) is 0 Å². The molecule has 1 aromatic carbocycles. The van der Waals surface area contributed by atoms with Crippen molar-refractivity contribution in [3.63, 3.8) is 0 Å². The van der Waals surface area contributed by atoms with Crippen LogP contribution in [0.5, 0.6) is 0 Å². The van der Waals surface area contributed by atoms with Crippen molar-refractivity contribution in [2.75, 3.05) is 0 Å². The molecule has 0 aromatic heterocycles. The van der Waals surface area contributed by atoms with Crippen molar-refractivity contribution in [3.05, 3.63) is 35.9 Å². The summed E-state index contributed by atoms with van der Waals surface area (Å²) in [7, 11) is 0. The SMILES string of the molecule is CC(CC(=O)[C@@H](C)Cc1ccccc1)C(=O)O. The van der Waals surface area contributed by atoms with Gasteiger partial charge in [-0.2, -0.15) is 0 Å². The third-order valence-electron chi connectivity index (χ3n) is 2.86. The molecule has 0 saturated heterocycles. The molecule has 1 unspecified atom stereocenters. The molecule has 0 aliphatic rings. The molecular formula is C14H18O3. The fourth-order valence-electron chi connectivity index (χ4n) is 1.67. The zero-order valence-corrected chi connectivity index (χ0v) is 10.2. The Hall–Kier alpha value is -1.64. The lowest BCUT2D eigenvalue weighted by atomic mass is 9.92. The molecule has 92 valence electrons. The molecule has 0 heterocycles. The molecule has 0 amide bonds. The number of Topliss-reactive ketones (excluding diaryl/α,β-unsaturated/α-hetero) is 1. The minimum absolute atomic E-state index is 0.0174. The number of carboxylic acid groups (broad SMARTS) is 1. The van der Waals surface area contributed by atoms with E-state index in [1.165, 1.54) is 0 Å². The molecule has 0 aliphatic carbocycles. The maximum absolute atomic E-state index is 11.8. The quantitative estimate of drug-likeness (QED) is 0.823. The molecule has 0 saturated carbocycles. The molecule has 17 heavy (non-hydrogen) atoms. The average Bonchev–Trinajstić information content (AvgIpc) is 2.29. The molecule has 1 aromatic rings. The molecule has 0 radical (unpaired) electrons. The van der Waals surface area contributed by atoms with Crippen molar-refractivity contribution in [1.29, 1.82) is 0 Å². The van der Waals surface area contributed by atoms with Crippen LogP contribution >= 0.6 is 0 Å². The normalized spacial score (nSPS) is 14.0. The van der Waals surface area contributed by atoms with Crippen molar-refractivity contribution >= 4 is 11.8 Å². The summed E-state index contributed by atoms with van der Waals surface area (Å²) in [5, 5.41) is 8.75. The van der Waals surface area contributed by atoms with Gasteiger partial charge < -0.3 is 5.11 Å². The number of benzene rings is 1. The summed E-state index contributed by atoms with van der Waals surface area (Å²) >= 11 is 0. The molecule has 0 aliphatic heterocycles. The lowest BCUT2D eigenvalue weighted by Crippen LogP contribution is -2.20. The van der Waals surface area contributed by atoms with Crippen molar-refractivity contribution in [1.82, 2.24) is 0 Å². The molecule has 0 spiro atoms. The number of carbonyl (C=O) groups is 2. The Morgan fingerprint density at radius 1 is 1.12 bits per heavy atom. The number of ketones is 1. The van der Waals surface area contributed by atoms with E-state index in [4.69, 9.17) is 5.11 Å². The highest BCUT2D eigenvalue weighted by Gasteiger charge is 2.20. The molecule has 1 N–H and O–H groups in total. The van der Waals surface area contributed by atoms with Crippen molar-refractivity contribution in [2.24, 2.45) is 11.8 Å². The van der Waals surface area contributed by atoms with Crippen molar-refractivity contribution < 1.29 is 14.7 Å². The zero-order valence-electron chi connectivity index (χ0n) is 10.2. The number of carbonyl (C=O) groups excluding carboxylic acids is 1. The summed E-state index contributed by atoms with van der Waals surface area (Å²) in [5.41, 5.74) is 1.11. The van der Waals surface area contributed by atoms with Crippen LogP contribution in [0.15, 0.2) is 30.3 Å². The molecular weight excluding hydrogens is 216 g/mol. The Morgan fingerprint density at radius 2 is 1.71 bits per heavy atom. The molecule has 0 fully saturated rings. The minimum atomic E-state index is -0.912. The predicted octanol–water partition coefficient (Wildman–Crippen LogP) is 2.55. The summed E-state index contributed by atoms with van der Waals surface area (Å²) in [6, 6.07) is 9.76. The van der Waals surface area contributed by atoms with Crippen LogP contribution in [0, 0.1) is 11.8 Å². The number of hydrogen-bond acceptors (Lipinski definition) is 2. The standard InChI is InChI=1S/C14H18O3/c1-10(8-12-6-4-3-5-7-12)13(15)9-11(2)14(16)17/h3-7,10-11H,8-9H2,1-2H3,(H,16,17)/t10-,11?/m0/s1. The molecule has 3 nitrogen and oxygen atoms in total. The molecule has 3 heteroatoms. The second-order valence-corrected chi connectivity index (χ2v) is 4.50. The van der Waals surface area contributed by atoms with Gasteiger partial charge in [0.1, 0.15) is 5.78 Å². The number of aliphatic carboxylic acids is 1. The topological polar surface area (TPSA) is 54.4 Å². The van der Waals surface area contributed by atoms with Crippen LogP contribution in [-0.2, 0) is 16.0 Å². The number of hydrogen-bond donors (Lipinski definition) is 1. The van der Waals surface area contributed by atoms with Crippen LogP contribution in [0.3, 0.4) is 0 Å². The summed E-state index contributed by atoms with van der Waals surface area (Å²) in [4.78, 5) is 22.5. The van der Waals surface area contributed by atoms with Crippen molar-refractivity contribution in [3.8, 4) is 0 Å². The third-order valence-corrected chi connectivity index (χ3v) is 2.86. The average molecular weight is 234 g/mol. The van der Waals surface area contributed by atoms with Gasteiger partial charge in [0.25, 0.3) is 0 Å². The van der Waals surface area contributed by atoms with E-state index in [0.717, 1.165) is 5.56 Å². The summed E-state index contributed by atoms with van der Waals surface area (Å²) in [6.45, 7) is 3.42. The van der Waals surface area contributed by atoms with Crippen LogP contribution < -0.4 is 0 Å². The highest BCUT2D eigenvalue weighted by molar-refractivity contribution is 5.85. The first-order chi connectivity index (χ1) is 8.00. The monoisotopic (exact) mass is 234 g/mol. The Morgan fingerprint density at radius 3 is 2.24 bits per heavy atom. The van der Waals surface area contributed by atoms with Gasteiger partial charge in [-0.15, -0.1) is 0 Å². The smallest absolute Gasteiger partial charge is 0.306 e. The van der Waals surface area contributed by atoms with E-state index >= 15 is 0 Å². The van der Waals surface area contributed by atoms with Crippen molar-refractivity contribution in [2.45, 2.75) is 26.7 Å². The van der Waals surface area contributed by atoms with E-state index in [2.05, 4.69) is 0 Å². The Bertz CT molecular complexity index is 384. The molecule has 0 bridgehead atoms. The highest BCUT2D eigenvalue weighted by Crippen LogP contribution is 2.14. The Labute approximate surface area is 101 Å². The van der Waals surface area contributed by atoms with Gasteiger partial charge in [0, 0.05) is 12.3 Å². The molecule has 2 atom stereocenters. The van der Waals surface area contributed by atoms with E-state index in [1.807, 2.05) is 37.3 Å². The van der Waals surface area contributed by atoms with Gasteiger partial charge in [0.2, 0.25) is 0 Å². The fraction of sp³-hybridized carbons (Fsp3) is 0.429. The minimum Gasteiger partial charge on any atom is -0.481 e. The van der Waals surface area contributed by atoms with Gasteiger partial charge >= 0.3 is 5.97 Å². The van der Waals surface area contributed by atoms with E-state index < -0.39 is 11.9 Å². The lowest BCUT2D eigenvalue weighted by molar-refractivity contribution is -0.143. The van der Waals surface area contributed by atoms with E-state index in [1.54, 1.807) is 6.92 Å². The largest absolute Gasteiger partial charge is 0.481 e. The van der Waals surface area contributed by atoms with Gasteiger partial charge in [0.05, 0.1) is 5.92 Å². The van der Waals surface area contributed by atoms with E-state index in [-0.39, 0.29) is 18.1 Å². The summed E-state index contributed by atoms with van der Waals surface area (Å²) in [5.74, 6) is -1.62. The second-order valence-electron chi connectivity index (χ2n) is 4.50. The zero-order chi connectivity index (χ0) is 12.8. The highest BCUT2D eigenvalue weighted by atomic mass is 16.4. The van der Waals surface area contributed by atoms with Crippen LogP contribution in [0.2, 0.25) is 0 Å². The Kier molecular flexibility index (Phi) is 4.88. The summed E-state index contributed by atoms with van der Waals surface area (Å²) in [6.07, 6.45) is 0.787. The first-order valence-electron chi connectivity index (χ1n) is 5.80. The maximum Gasteiger partial charge on any atom is 0.306 e. The first kappa shape index (κ1) is 13.4. The predicted molar refractivity (Wildman–Crippen MR) is 65.7 cm³/mol. The van der Waals surface area contributed by atoms with Gasteiger partial charge in [-0.3, -0.25) is 9.59 Å². The fourth-order valence-corrected chi connectivity index (χ4v) is 1.67. The van der Waals surface area contributed by atoms with Gasteiger partial charge in [0.15, 0.2) is 0 Å².